The molecule has 4 aliphatic rings. The van der Waals surface area contributed by atoms with Gasteiger partial charge in [-0.25, -0.2) is 9.59 Å². The molecule has 72 heavy (non-hydrogen) atoms. The Kier molecular flexibility index (Phi) is 20.4. The number of carbonyl (C=O) groups is 7. The minimum Gasteiger partial charge on any atom is -0.506 e. The van der Waals surface area contributed by atoms with Gasteiger partial charge >= 0.3 is 12.1 Å². The molecule has 1 aliphatic carbocycles. The van der Waals surface area contributed by atoms with Gasteiger partial charge in [-0.3, -0.25) is 34.2 Å². The Morgan fingerprint density at radius 1 is 1.14 bits per heavy atom. The summed E-state index contributed by atoms with van der Waals surface area (Å²) < 4.78 is 23.4. The Labute approximate surface area is 433 Å². The van der Waals surface area contributed by atoms with E-state index in [0.717, 1.165) is 56.1 Å². The van der Waals surface area contributed by atoms with Crippen LogP contribution in [-0.2, 0) is 54.1 Å². The third kappa shape index (κ3) is 14.6. The number of methoxy groups -OCH3 is 1. The van der Waals surface area contributed by atoms with Gasteiger partial charge in [0.05, 0.1) is 22.8 Å². The number of ketones is 1. The lowest BCUT2D eigenvalue weighted by Gasteiger charge is -2.42. The summed E-state index contributed by atoms with van der Waals surface area (Å²) in [6.45, 7) is 13.4. The number of rotatable bonds is 25. The lowest BCUT2D eigenvalue weighted by atomic mass is 9.71. The van der Waals surface area contributed by atoms with Crippen molar-refractivity contribution in [3.63, 3.8) is 0 Å². The zero-order valence-electron chi connectivity index (χ0n) is 43.6. The van der Waals surface area contributed by atoms with Gasteiger partial charge in [-0.2, -0.15) is 0 Å². The van der Waals surface area contributed by atoms with Gasteiger partial charge in [0.1, 0.15) is 41.5 Å². The number of likely N-dealkylation sites (N-methyl/N-ethyl adjacent to an activating group) is 1. The van der Waals surface area contributed by atoms with Crippen LogP contribution in [0.25, 0.3) is 0 Å². The number of hydrogen-bond acceptors (Lipinski definition) is 14. The largest absolute Gasteiger partial charge is 0.506 e. The monoisotopic (exact) mass is 1040 g/mol. The number of epoxide rings is 1. The number of carbonyl (C=O) groups excluding carboxylic acids is 7. The van der Waals surface area contributed by atoms with E-state index in [2.05, 4.69) is 17.6 Å². The van der Waals surface area contributed by atoms with Crippen LogP contribution in [0.3, 0.4) is 0 Å². The summed E-state index contributed by atoms with van der Waals surface area (Å²) in [5, 5.41) is 26.5. The molecule has 4 fully saturated rings. The number of alkyl carbamates (subject to hydrolysis) is 1. The van der Waals surface area contributed by atoms with Gasteiger partial charge in [0.15, 0.2) is 5.72 Å². The molecule has 4 N–H and O–H groups in total. The normalized spacial score (nSPS) is 27.4. The van der Waals surface area contributed by atoms with Crippen LogP contribution < -0.4 is 10.6 Å². The lowest BCUT2D eigenvalue weighted by molar-refractivity contribution is -0.162. The second-order valence-corrected chi connectivity index (χ2v) is 22.7. The second kappa shape index (κ2) is 25.2. The molecule has 400 valence electrons. The third-order valence-corrected chi connectivity index (χ3v) is 16.6. The molecule has 17 nitrogen and oxygen atoms in total. The van der Waals surface area contributed by atoms with E-state index in [-0.39, 0.29) is 77.2 Å². The number of nitrogens with zero attached hydrogens (tertiary/aromatic N) is 2. The molecule has 5 amide bonds. The Bertz CT molecular complexity index is 2220. The summed E-state index contributed by atoms with van der Waals surface area (Å²) in [6, 6.07) is 3.94. The number of unbranched alkanes of at least 4 members (excludes halogenated alkanes) is 1. The Morgan fingerprint density at radius 2 is 1.83 bits per heavy atom. The SMILES string of the molecule is CCCCC(C)(C)C(=O)[C@H]1CC[C@H](CN2C(=O)CC(SCCC(=O)N(C)[C@@H](C)C(=O)O[C@@H](CC(=O)NC)[C@]3(C)OC3[C@H](C)[C@@H]3C[C@](O)([C@@H](/C=C/C=C(\C)Cc4ccc(Cl)c(O)c4)OC)NC(=O)O3)C2=O)CC1. The van der Waals surface area contributed by atoms with E-state index >= 15 is 0 Å². The number of hydrogen-bond donors (Lipinski definition) is 4. The molecule has 3 saturated heterocycles. The van der Waals surface area contributed by atoms with Crippen molar-refractivity contribution in [1.29, 1.82) is 0 Å². The number of phenolic OH excluding ortho intramolecular Hbond substituents is 1. The summed E-state index contributed by atoms with van der Waals surface area (Å²) >= 11 is 7.18. The molecule has 3 heterocycles. The van der Waals surface area contributed by atoms with Gasteiger partial charge in [-0.1, -0.05) is 82.0 Å². The number of nitrogens with one attached hydrogen (secondary N) is 2. The summed E-state index contributed by atoms with van der Waals surface area (Å²) in [7, 11) is 4.31. The molecule has 0 spiro atoms. The fraction of sp³-hybridized carbons (Fsp3) is 0.679. The highest BCUT2D eigenvalue weighted by molar-refractivity contribution is 8.00. The van der Waals surface area contributed by atoms with Crippen molar-refractivity contribution in [2.45, 2.75) is 173 Å². The molecule has 0 bridgehead atoms. The van der Waals surface area contributed by atoms with Gasteiger partial charge in [-0.05, 0) is 82.9 Å². The van der Waals surface area contributed by atoms with E-state index in [1.54, 1.807) is 38.1 Å². The molecule has 5 rings (SSSR count). The topological polar surface area (TPSA) is 231 Å². The third-order valence-electron chi connectivity index (χ3n) is 15.1. The van der Waals surface area contributed by atoms with Crippen molar-refractivity contribution in [3.8, 4) is 5.75 Å². The summed E-state index contributed by atoms with van der Waals surface area (Å²) in [5.41, 5.74) is -1.69. The van der Waals surface area contributed by atoms with E-state index in [0.29, 0.717) is 18.7 Å². The predicted octanol–water partition coefficient (Wildman–Crippen LogP) is 6.82. The fourth-order valence-corrected chi connectivity index (χ4v) is 11.4. The first-order valence-corrected chi connectivity index (χ1v) is 26.7. The number of benzene rings is 1. The molecule has 1 aromatic carbocycles. The van der Waals surface area contributed by atoms with Crippen LogP contribution in [0.15, 0.2) is 42.0 Å². The van der Waals surface area contributed by atoms with Crippen LogP contribution >= 0.6 is 23.4 Å². The van der Waals surface area contributed by atoms with E-state index in [9.17, 15) is 43.8 Å². The Balaban J connectivity index is 1.11. The highest BCUT2D eigenvalue weighted by Crippen LogP contribution is 2.49. The number of imide groups is 1. The molecular weight excluding hydrogens is 968 g/mol. The number of aromatic hydroxyl groups is 1. The number of allylic oxidation sites excluding steroid dienone is 3. The summed E-state index contributed by atoms with van der Waals surface area (Å²) in [6.07, 6.45) is 6.72. The maximum Gasteiger partial charge on any atom is 0.409 e. The quantitative estimate of drug-likeness (QED) is 0.0341. The predicted molar refractivity (Wildman–Crippen MR) is 273 cm³/mol. The average Bonchev–Trinajstić information content (AvgIpc) is 3.97. The molecule has 19 heteroatoms. The first-order valence-electron chi connectivity index (χ1n) is 25.3. The first-order chi connectivity index (χ1) is 33.9. The molecule has 1 saturated carbocycles. The van der Waals surface area contributed by atoms with Crippen molar-refractivity contribution in [3.05, 3.63) is 52.6 Å². The molecule has 9 atom stereocenters. The van der Waals surface area contributed by atoms with Crippen LogP contribution in [-0.4, -0.2) is 142 Å². The number of amides is 5. The van der Waals surface area contributed by atoms with Crippen molar-refractivity contribution >= 4 is 64.8 Å². The van der Waals surface area contributed by atoms with Crippen LogP contribution in [0.5, 0.6) is 5.75 Å². The first kappa shape index (κ1) is 58.4. The highest BCUT2D eigenvalue weighted by Gasteiger charge is 2.64. The minimum absolute atomic E-state index is 0.0117. The molecule has 0 aromatic heterocycles. The molecule has 1 aromatic rings. The fourth-order valence-electron chi connectivity index (χ4n) is 10.2. The van der Waals surface area contributed by atoms with Crippen LogP contribution in [0.4, 0.5) is 4.79 Å². The number of halogens is 1. The van der Waals surface area contributed by atoms with Crippen LogP contribution in [0.2, 0.25) is 5.02 Å². The van der Waals surface area contributed by atoms with Crippen molar-refractivity contribution < 1.29 is 62.7 Å². The Morgan fingerprint density at radius 3 is 2.47 bits per heavy atom. The Hall–Kier alpha value is -4.49. The molecule has 3 aliphatic heterocycles. The van der Waals surface area contributed by atoms with E-state index in [4.69, 9.17) is 30.5 Å². The van der Waals surface area contributed by atoms with Crippen molar-refractivity contribution in [2.75, 3.05) is 33.5 Å². The summed E-state index contributed by atoms with van der Waals surface area (Å²) in [5.74, 6) is -1.98. The van der Waals surface area contributed by atoms with Gasteiger partial charge in [0, 0.05) is 70.0 Å². The maximum atomic E-state index is 13.7. The number of cyclic esters (lactones) is 1. The van der Waals surface area contributed by atoms with Crippen LogP contribution in [0, 0.1) is 23.2 Å². The number of thioether (sulfide) groups is 1. The smallest absolute Gasteiger partial charge is 0.409 e. The zero-order valence-corrected chi connectivity index (χ0v) is 45.2. The zero-order chi connectivity index (χ0) is 53.3. The second-order valence-electron chi connectivity index (χ2n) is 21.0. The molecular formula is C53H77ClN4O13S. The number of likely N-dealkylation sites (tertiary alicyclic amines) is 1. The number of phenols is 1. The molecule has 2 unspecified atom stereocenters. The minimum atomic E-state index is -1.90. The van der Waals surface area contributed by atoms with Crippen molar-refractivity contribution in [2.24, 2.45) is 23.2 Å². The standard InChI is InChI=1S/C53H77ClN4O13S/c1-11-12-23-51(5,6)46(63)36-19-16-34(17-20-36)30-58-45(62)27-40(48(58)64)72-24-22-44(61)57(9)33(4)49(65)70-42(28-43(60)55-8)52(7)47(71-52)32(3)39-29-53(67,56-50(66)69-39)41(68-10)15-13-14-31(2)25-35-18-21-37(54)38(59)26-35/h13-15,18,21,26,32-34,36,39-42,47,59,67H,11-12,16-17,19-20,22-25,27-30H2,1-10H3,(H,55,60)(H,56,66)/b15-13+,31-14+/t32-,33+,34-,36-,39+,40?,41-,42+,47?,52+,53+/m1/s1. The van der Waals surface area contributed by atoms with Gasteiger partial charge in [0.25, 0.3) is 0 Å². The van der Waals surface area contributed by atoms with Crippen molar-refractivity contribution in [1.82, 2.24) is 20.4 Å². The number of aliphatic hydroxyl groups is 1. The van der Waals surface area contributed by atoms with Gasteiger partial charge in [0.2, 0.25) is 23.6 Å². The lowest BCUT2D eigenvalue weighted by Crippen LogP contribution is -2.63. The van der Waals surface area contributed by atoms with E-state index in [1.807, 2.05) is 32.9 Å². The van der Waals surface area contributed by atoms with Crippen LogP contribution in [0.1, 0.15) is 125 Å². The van der Waals surface area contributed by atoms with E-state index in [1.165, 1.54) is 49.7 Å². The van der Waals surface area contributed by atoms with Gasteiger partial charge < -0.3 is 39.4 Å². The number of esters is 1. The highest BCUT2D eigenvalue weighted by atomic mass is 35.5. The summed E-state index contributed by atoms with van der Waals surface area (Å²) in [4.78, 5) is 95.3. The maximum absolute atomic E-state index is 13.7. The average molecular weight is 1050 g/mol. The molecule has 0 radical (unpaired) electrons. The number of Topliss-reactive ketones (excluding diaryl/α,β-unsaturated/α-hetero) is 1. The van der Waals surface area contributed by atoms with Gasteiger partial charge in [-0.15, -0.1) is 11.8 Å². The number of ether oxygens (including phenoxy) is 4. The van der Waals surface area contributed by atoms with E-state index < -0.39 is 70.9 Å².